The fourth-order valence-electron chi connectivity index (χ4n) is 2.20. The van der Waals surface area contributed by atoms with Gasteiger partial charge in [-0.05, 0) is 54.6 Å². The molecule has 0 aliphatic heterocycles. The summed E-state index contributed by atoms with van der Waals surface area (Å²) >= 11 is 1.70. The second-order valence-corrected chi connectivity index (χ2v) is 5.86. The number of pyridine rings is 1. The van der Waals surface area contributed by atoms with E-state index in [0.717, 1.165) is 16.8 Å². The third kappa shape index (κ3) is 2.45. The third-order valence-corrected chi connectivity index (χ3v) is 4.30. The lowest BCUT2D eigenvalue weighted by molar-refractivity contribution is 0.991. The molecule has 100 valence electrons. The van der Waals surface area contributed by atoms with Crippen molar-refractivity contribution in [3.05, 3.63) is 75.5 Å². The summed E-state index contributed by atoms with van der Waals surface area (Å²) in [5.41, 5.74) is 4.37. The SMILES string of the molecule is Cc1cccc(-n2cc(-c3cc(C)cs3)ccc2=O)c1. The van der Waals surface area contributed by atoms with Gasteiger partial charge < -0.3 is 0 Å². The summed E-state index contributed by atoms with van der Waals surface area (Å²) in [5.74, 6) is 0. The molecule has 0 radical (unpaired) electrons. The number of nitrogens with zero attached hydrogens (tertiary/aromatic N) is 1. The van der Waals surface area contributed by atoms with Crippen molar-refractivity contribution in [3.63, 3.8) is 0 Å². The molecule has 3 rings (SSSR count). The van der Waals surface area contributed by atoms with E-state index in [0.29, 0.717) is 0 Å². The average molecular weight is 281 g/mol. The monoisotopic (exact) mass is 281 g/mol. The molecule has 2 aromatic heterocycles. The van der Waals surface area contributed by atoms with E-state index in [-0.39, 0.29) is 5.56 Å². The number of benzene rings is 1. The first-order chi connectivity index (χ1) is 9.63. The summed E-state index contributed by atoms with van der Waals surface area (Å²) in [4.78, 5) is 13.3. The molecule has 0 saturated heterocycles. The third-order valence-electron chi connectivity index (χ3n) is 3.21. The van der Waals surface area contributed by atoms with E-state index < -0.39 is 0 Å². The molecule has 0 spiro atoms. The van der Waals surface area contributed by atoms with Crippen LogP contribution in [0.2, 0.25) is 0 Å². The van der Waals surface area contributed by atoms with Crippen LogP contribution in [0, 0.1) is 13.8 Å². The van der Waals surface area contributed by atoms with Gasteiger partial charge in [-0.3, -0.25) is 9.36 Å². The number of rotatable bonds is 2. The maximum atomic E-state index is 12.1. The summed E-state index contributed by atoms with van der Waals surface area (Å²) in [5, 5.41) is 2.12. The highest BCUT2D eigenvalue weighted by atomic mass is 32.1. The molecule has 2 nitrogen and oxygen atoms in total. The Balaban J connectivity index is 2.14. The van der Waals surface area contributed by atoms with E-state index in [4.69, 9.17) is 0 Å². The van der Waals surface area contributed by atoms with Crippen molar-refractivity contribution in [1.82, 2.24) is 4.57 Å². The molecule has 0 amide bonds. The normalized spacial score (nSPS) is 10.7. The number of hydrogen-bond donors (Lipinski definition) is 0. The lowest BCUT2D eigenvalue weighted by atomic mass is 10.2. The Hall–Kier alpha value is -2.13. The second-order valence-electron chi connectivity index (χ2n) is 4.95. The van der Waals surface area contributed by atoms with Crippen LogP contribution in [0.5, 0.6) is 0 Å². The molecule has 0 unspecified atom stereocenters. The number of thiophene rings is 1. The number of hydrogen-bond acceptors (Lipinski definition) is 2. The Kier molecular flexibility index (Phi) is 3.28. The van der Waals surface area contributed by atoms with Gasteiger partial charge in [-0.2, -0.15) is 0 Å². The zero-order valence-corrected chi connectivity index (χ0v) is 12.3. The Morgan fingerprint density at radius 2 is 1.85 bits per heavy atom. The smallest absolute Gasteiger partial charge is 0.255 e. The molecule has 0 aliphatic rings. The van der Waals surface area contributed by atoms with Crippen LogP contribution in [0.3, 0.4) is 0 Å². The standard InChI is InChI=1S/C17H15NOS/c1-12-4-3-5-15(8-12)18-10-14(6-7-17(18)19)16-9-13(2)11-20-16/h3-11H,1-2H3. The van der Waals surface area contributed by atoms with Gasteiger partial charge in [0.2, 0.25) is 0 Å². The summed E-state index contributed by atoms with van der Waals surface area (Å²) < 4.78 is 1.71. The van der Waals surface area contributed by atoms with Gasteiger partial charge in [0, 0.05) is 28.4 Å². The molecule has 0 bridgehead atoms. The van der Waals surface area contributed by atoms with Crippen LogP contribution >= 0.6 is 11.3 Å². The molecule has 2 heterocycles. The average Bonchev–Trinajstić information content (AvgIpc) is 2.86. The van der Waals surface area contributed by atoms with Crippen LogP contribution in [0.25, 0.3) is 16.1 Å². The van der Waals surface area contributed by atoms with Gasteiger partial charge >= 0.3 is 0 Å². The van der Waals surface area contributed by atoms with Crippen LogP contribution in [0.15, 0.2) is 58.8 Å². The van der Waals surface area contributed by atoms with Gasteiger partial charge in [-0.15, -0.1) is 11.3 Å². The van der Waals surface area contributed by atoms with Crippen molar-refractivity contribution < 1.29 is 0 Å². The Morgan fingerprint density at radius 1 is 1.00 bits per heavy atom. The molecule has 0 aliphatic carbocycles. The van der Waals surface area contributed by atoms with Crippen LogP contribution in [-0.2, 0) is 0 Å². The molecule has 0 fully saturated rings. The molecule has 0 saturated carbocycles. The summed E-state index contributed by atoms with van der Waals surface area (Å²) in [6.45, 7) is 4.11. The highest BCUT2D eigenvalue weighted by Crippen LogP contribution is 2.26. The van der Waals surface area contributed by atoms with Gasteiger partial charge in [0.15, 0.2) is 0 Å². The first-order valence-electron chi connectivity index (χ1n) is 6.49. The van der Waals surface area contributed by atoms with E-state index in [1.54, 1.807) is 22.0 Å². The fraction of sp³-hybridized carbons (Fsp3) is 0.118. The van der Waals surface area contributed by atoms with Gasteiger partial charge in [0.1, 0.15) is 0 Å². The van der Waals surface area contributed by atoms with E-state index in [1.807, 2.05) is 43.5 Å². The predicted octanol–water partition coefficient (Wildman–Crippen LogP) is 4.18. The van der Waals surface area contributed by atoms with Crippen LogP contribution in [0.4, 0.5) is 0 Å². The second kappa shape index (κ2) is 5.10. The Morgan fingerprint density at radius 3 is 2.55 bits per heavy atom. The first kappa shape index (κ1) is 12.9. The molecule has 0 atom stereocenters. The maximum absolute atomic E-state index is 12.1. The van der Waals surface area contributed by atoms with Crippen LogP contribution in [0.1, 0.15) is 11.1 Å². The van der Waals surface area contributed by atoms with Crippen molar-refractivity contribution in [2.75, 3.05) is 0 Å². The molecule has 0 N–H and O–H groups in total. The lowest BCUT2D eigenvalue weighted by Crippen LogP contribution is -2.16. The summed E-state index contributed by atoms with van der Waals surface area (Å²) in [6, 6.07) is 13.6. The van der Waals surface area contributed by atoms with Crippen molar-refractivity contribution >= 4 is 11.3 Å². The van der Waals surface area contributed by atoms with E-state index in [1.165, 1.54) is 10.4 Å². The fourth-order valence-corrected chi connectivity index (χ4v) is 3.09. The quantitative estimate of drug-likeness (QED) is 0.690. The summed E-state index contributed by atoms with van der Waals surface area (Å²) in [6.07, 6.45) is 1.92. The molecular formula is C17H15NOS. The minimum atomic E-state index is -0.00683. The van der Waals surface area contributed by atoms with Gasteiger partial charge in [0.25, 0.3) is 5.56 Å². The minimum absolute atomic E-state index is 0.00683. The number of aryl methyl sites for hydroxylation is 2. The van der Waals surface area contributed by atoms with E-state index >= 15 is 0 Å². The van der Waals surface area contributed by atoms with Gasteiger partial charge in [-0.1, -0.05) is 12.1 Å². The minimum Gasteiger partial charge on any atom is -0.284 e. The van der Waals surface area contributed by atoms with Crippen LogP contribution in [-0.4, -0.2) is 4.57 Å². The highest BCUT2D eigenvalue weighted by Gasteiger charge is 2.05. The predicted molar refractivity (Wildman–Crippen MR) is 84.8 cm³/mol. The van der Waals surface area contributed by atoms with Crippen LogP contribution < -0.4 is 5.56 Å². The van der Waals surface area contributed by atoms with Crippen molar-refractivity contribution in [1.29, 1.82) is 0 Å². The number of aromatic nitrogens is 1. The molecule has 1 aromatic carbocycles. The van der Waals surface area contributed by atoms with Crippen molar-refractivity contribution in [2.45, 2.75) is 13.8 Å². The molecule has 3 heteroatoms. The van der Waals surface area contributed by atoms with Crippen molar-refractivity contribution in [2.24, 2.45) is 0 Å². The van der Waals surface area contributed by atoms with Gasteiger partial charge in [0.05, 0.1) is 0 Å². The van der Waals surface area contributed by atoms with E-state index in [2.05, 4.69) is 18.4 Å². The Bertz CT molecular complexity index is 814. The molecular weight excluding hydrogens is 266 g/mol. The van der Waals surface area contributed by atoms with Gasteiger partial charge in [-0.25, -0.2) is 0 Å². The molecule has 20 heavy (non-hydrogen) atoms. The zero-order valence-electron chi connectivity index (χ0n) is 11.5. The topological polar surface area (TPSA) is 22.0 Å². The lowest BCUT2D eigenvalue weighted by Gasteiger charge is -2.08. The Labute approximate surface area is 122 Å². The highest BCUT2D eigenvalue weighted by molar-refractivity contribution is 7.13. The van der Waals surface area contributed by atoms with E-state index in [9.17, 15) is 4.79 Å². The zero-order chi connectivity index (χ0) is 14.1. The first-order valence-corrected chi connectivity index (χ1v) is 7.37. The summed E-state index contributed by atoms with van der Waals surface area (Å²) in [7, 11) is 0. The van der Waals surface area contributed by atoms with Crippen molar-refractivity contribution in [3.8, 4) is 16.1 Å². The maximum Gasteiger partial charge on any atom is 0.255 e. The molecule has 3 aromatic rings. The largest absolute Gasteiger partial charge is 0.284 e.